The molecule has 1 rings (SSSR count). The third-order valence-electron chi connectivity index (χ3n) is 3.44. The second-order valence-corrected chi connectivity index (χ2v) is 5.34. The fourth-order valence-corrected chi connectivity index (χ4v) is 2.06. The quantitative estimate of drug-likeness (QED) is 0.521. The van der Waals surface area contributed by atoms with Gasteiger partial charge in [-0.05, 0) is 25.7 Å². The summed E-state index contributed by atoms with van der Waals surface area (Å²) < 4.78 is 0. The molecule has 0 bridgehead atoms. The number of carboxylic acid groups (broad SMARTS) is 1. The number of amides is 3. The number of aliphatic carboxylic acids is 1. The number of carboxylic acids is 1. The van der Waals surface area contributed by atoms with Crippen LogP contribution in [0.25, 0.3) is 0 Å². The van der Waals surface area contributed by atoms with E-state index < -0.39 is 17.6 Å². The van der Waals surface area contributed by atoms with Crippen LogP contribution < -0.4 is 11.1 Å². The average molecular weight is 287 g/mol. The number of hydrogen-bond donors (Lipinski definition) is 4. The lowest BCUT2D eigenvalue weighted by atomic mass is 9.93. The van der Waals surface area contributed by atoms with Crippen LogP contribution in [0.1, 0.15) is 26.2 Å². The van der Waals surface area contributed by atoms with Gasteiger partial charge >= 0.3 is 12.0 Å². The van der Waals surface area contributed by atoms with E-state index in [2.05, 4.69) is 5.32 Å². The summed E-state index contributed by atoms with van der Waals surface area (Å²) in [5.41, 5.74) is 3.14. The number of nitrogens with one attached hydrogen (secondary N) is 1. The Morgan fingerprint density at radius 3 is 2.35 bits per heavy atom. The third-order valence-corrected chi connectivity index (χ3v) is 3.44. The molecule has 1 atom stereocenters. The molecule has 0 aromatic heterocycles. The van der Waals surface area contributed by atoms with Crippen molar-refractivity contribution in [3.8, 4) is 0 Å². The lowest BCUT2D eigenvalue weighted by Crippen LogP contribution is -2.51. The Balaban J connectivity index is 2.36. The van der Waals surface area contributed by atoms with Crippen LogP contribution in [0.2, 0.25) is 0 Å². The van der Waals surface area contributed by atoms with Crippen LogP contribution in [0.4, 0.5) is 4.79 Å². The zero-order chi connectivity index (χ0) is 15.3. The number of likely N-dealkylation sites (tertiary alicyclic amines) is 1. The van der Waals surface area contributed by atoms with Gasteiger partial charge in [0.25, 0.3) is 0 Å². The molecule has 0 radical (unpaired) electrons. The van der Waals surface area contributed by atoms with Gasteiger partial charge in [0.15, 0.2) is 5.60 Å². The van der Waals surface area contributed by atoms with Gasteiger partial charge in [-0.2, -0.15) is 0 Å². The zero-order valence-electron chi connectivity index (χ0n) is 11.5. The van der Waals surface area contributed by atoms with E-state index in [1.165, 1.54) is 4.90 Å². The molecule has 5 N–H and O–H groups in total. The highest BCUT2D eigenvalue weighted by atomic mass is 16.4. The number of aliphatic hydroxyl groups is 1. The van der Waals surface area contributed by atoms with Gasteiger partial charge in [-0.15, -0.1) is 0 Å². The molecule has 1 fully saturated rings. The van der Waals surface area contributed by atoms with E-state index in [9.17, 15) is 19.5 Å². The molecule has 1 unspecified atom stereocenters. The van der Waals surface area contributed by atoms with E-state index in [0.29, 0.717) is 32.4 Å². The molecular formula is C12H21N3O5. The number of nitrogens with zero attached hydrogens (tertiary/aromatic N) is 1. The van der Waals surface area contributed by atoms with Gasteiger partial charge in [-0.25, -0.2) is 9.59 Å². The molecule has 0 spiro atoms. The van der Waals surface area contributed by atoms with E-state index in [0.717, 1.165) is 6.92 Å². The largest absolute Gasteiger partial charge is 0.479 e. The standard InChI is InChI=1S/C12H21N3O5/c1-12(20,10(17)18)7-14-11(19)15-4-2-8(3-5-15)6-9(13)16/h8,20H,2-7H2,1H3,(H2,13,16)(H,14,19)(H,17,18). The highest BCUT2D eigenvalue weighted by Crippen LogP contribution is 2.20. The van der Waals surface area contributed by atoms with Gasteiger partial charge < -0.3 is 26.2 Å². The Hall–Kier alpha value is -1.83. The SMILES string of the molecule is CC(O)(CNC(=O)N1CCC(CC(N)=O)CC1)C(=O)O. The van der Waals surface area contributed by atoms with Crippen LogP contribution in [0, 0.1) is 5.92 Å². The molecule has 0 aromatic carbocycles. The Bertz CT molecular complexity index is 389. The number of primary amides is 1. The minimum absolute atomic E-state index is 0.193. The number of rotatable bonds is 5. The molecule has 0 saturated carbocycles. The van der Waals surface area contributed by atoms with Crippen LogP contribution in [0.15, 0.2) is 0 Å². The lowest BCUT2D eigenvalue weighted by Gasteiger charge is -2.32. The van der Waals surface area contributed by atoms with Gasteiger partial charge in [-0.1, -0.05) is 0 Å². The maximum absolute atomic E-state index is 11.8. The predicted octanol–water partition coefficient (Wildman–Crippen LogP) is -0.881. The first-order chi connectivity index (χ1) is 9.22. The normalized spacial score (nSPS) is 19.2. The summed E-state index contributed by atoms with van der Waals surface area (Å²) >= 11 is 0. The van der Waals surface area contributed by atoms with Crippen molar-refractivity contribution in [1.29, 1.82) is 0 Å². The molecule has 1 aliphatic heterocycles. The molecule has 20 heavy (non-hydrogen) atoms. The Morgan fingerprint density at radius 2 is 1.90 bits per heavy atom. The summed E-state index contributed by atoms with van der Waals surface area (Å²) in [6, 6.07) is -0.413. The van der Waals surface area contributed by atoms with Crippen LogP contribution >= 0.6 is 0 Å². The first-order valence-electron chi connectivity index (χ1n) is 6.49. The number of carbonyl (C=O) groups excluding carboxylic acids is 2. The van der Waals surface area contributed by atoms with Crippen molar-refractivity contribution < 1.29 is 24.6 Å². The van der Waals surface area contributed by atoms with E-state index in [4.69, 9.17) is 10.8 Å². The summed E-state index contributed by atoms with van der Waals surface area (Å²) in [7, 11) is 0. The van der Waals surface area contributed by atoms with E-state index in [-0.39, 0.29) is 18.4 Å². The van der Waals surface area contributed by atoms with Crippen molar-refractivity contribution in [2.45, 2.75) is 31.8 Å². The van der Waals surface area contributed by atoms with E-state index in [1.807, 2.05) is 0 Å². The molecule has 0 aliphatic carbocycles. The van der Waals surface area contributed by atoms with Gasteiger partial charge in [0, 0.05) is 19.5 Å². The Morgan fingerprint density at radius 1 is 1.35 bits per heavy atom. The third kappa shape index (κ3) is 4.69. The minimum Gasteiger partial charge on any atom is -0.479 e. The van der Waals surface area contributed by atoms with Crippen molar-refractivity contribution in [3.63, 3.8) is 0 Å². The lowest BCUT2D eigenvalue weighted by molar-refractivity contribution is -0.155. The summed E-state index contributed by atoms with van der Waals surface area (Å²) in [5, 5.41) is 20.6. The molecule has 0 aromatic rings. The maximum Gasteiger partial charge on any atom is 0.337 e. The van der Waals surface area contributed by atoms with Crippen molar-refractivity contribution in [2.24, 2.45) is 11.7 Å². The topological polar surface area (TPSA) is 133 Å². The number of urea groups is 1. The zero-order valence-corrected chi connectivity index (χ0v) is 11.5. The first kappa shape index (κ1) is 16.2. The number of piperidine rings is 1. The monoisotopic (exact) mass is 287 g/mol. The fourth-order valence-electron chi connectivity index (χ4n) is 2.06. The second-order valence-electron chi connectivity index (χ2n) is 5.34. The van der Waals surface area contributed by atoms with E-state index in [1.54, 1.807) is 0 Å². The van der Waals surface area contributed by atoms with Gasteiger partial charge in [0.1, 0.15) is 0 Å². The van der Waals surface area contributed by atoms with Crippen LogP contribution in [0.5, 0.6) is 0 Å². The maximum atomic E-state index is 11.8. The molecule has 1 heterocycles. The molecule has 114 valence electrons. The summed E-state index contributed by atoms with van der Waals surface area (Å²) in [4.78, 5) is 34.9. The van der Waals surface area contributed by atoms with E-state index >= 15 is 0 Å². The summed E-state index contributed by atoms with van der Waals surface area (Å²) in [5.74, 6) is -1.54. The average Bonchev–Trinajstić information content (AvgIpc) is 2.36. The van der Waals surface area contributed by atoms with Crippen molar-refractivity contribution in [2.75, 3.05) is 19.6 Å². The van der Waals surface area contributed by atoms with Crippen molar-refractivity contribution in [3.05, 3.63) is 0 Å². The Kier molecular flexibility index (Phi) is 5.32. The van der Waals surface area contributed by atoms with Gasteiger partial charge in [-0.3, -0.25) is 4.79 Å². The molecule has 3 amide bonds. The number of nitrogens with two attached hydrogens (primary N) is 1. The number of hydrogen-bond acceptors (Lipinski definition) is 4. The van der Waals surface area contributed by atoms with Gasteiger partial charge in [0.05, 0.1) is 6.54 Å². The molecule has 8 heteroatoms. The van der Waals surface area contributed by atoms with Crippen LogP contribution in [0.3, 0.4) is 0 Å². The van der Waals surface area contributed by atoms with Crippen LogP contribution in [-0.4, -0.2) is 58.3 Å². The molecular weight excluding hydrogens is 266 g/mol. The molecule has 8 nitrogen and oxygen atoms in total. The Labute approximate surface area is 116 Å². The highest BCUT2D eigenvalue weighted by Gasteiger charge is 2.31. The highest BCUT2D eigenvalue weighted by molar-refractivity contribution is 5.79. The second kappa shape index (κ2) is 6.56. The van der Waals surface area contributed by atoms with Gasteiger partial charge in [0.2, 0.25) is 5.91 Å². The smallest absolute Gasteiger partial charge is 0.337 e. The van der Waals surface area contributed by atoms with Crippen molar-refractivity contribution in [1.82, 2.24) is 10.2 Å². The summed E-state index contributed by atoms with van der Waals surface area (Å²) in [6.45, 7) is 1.73. The van der Waals surface area contributed by atoms with Crippen molar-refractivity contribution >= 4 is 17.9 Å². The fraction of sp³-hybridized carbons (Fsp3) is 0.750. The first-order valence-corrected chi connectivity index (χ1v) is 6.49. The van der Waals surface area contributed by atoms with Crippen LogP contribution in [-0.2, 0) is 9.59 Å². The predicted molar refractivity (Wildman–Crippen MR) is 69.8 cm³/mol. The minimum atomic E-state index is -1.99. The summed E-state index contributed by atoms with van der Waals surface area (Å²) in [6.07, 6.45) is 1.69. The molecule has 1 saturated heterocycles. The molecule has 1 aliphatic rings. The number of carbonyl (C=O) groups is 3.